The van der Waals surface area contributed by atoms with Gasteiger partial charge in [0.25, 0.3) is 0 Å². The summed E-state index contributed by atoms with van der Waals surface area (Å²) in [6.07, 6.45) is 9.39. The molecule has 7 nitrogen and oxygen atoms in total. The van der Waals surface area contributed by atoms with Gasteiger partial charge in [0, 0.05) is 56.6 Å². The molecule has 2 aromatic rings. The number of fused-ring (bicyclic) bond motifs is 1. The van der Waals surface area contributed by atoms with E-state index in [0.29, 0.717) is 5.92 Å². The third kappa shape index (κ3) is 3.01. The van der Waals surface area contributed by atoms with Crippen LogP contribution in [0.25, 0.3) is 0 Å². The molecule has 0 radical (unpaired) electrons. The van der Waals surface area contributed by atoms with Crippen molar-refractivity contribution in [3.8, 4) is 0 Å². The van der Waals surface area contributed by atoms with E-state index >= 15 is 0 Å². The highest BCUT2D eigenvalue weighted by Gasteiger charge is 2.40. The largest absolute Gasteiger partial charge is 0.356 e. The van der Waals surface area contributed by atoms with Gasteiger partial charge in [0.05, 0.1) is 12.7 Å². The highest BCUT2D eigenvalue weighted by atomic mass is 15.4. The molecule has 7 heteroatoms. The highest BCUT2D eigenvalue weighted by Crippen LogP contribution is 2.37. The Bertz CT molecular complexity index is 698. The van der Waals surface area contributed by atoms with E-state index in [-0.39, 0.29) is 0 Å². The molecule has 25 heavy (non-hydrogen) atoms. The first kappa shape index (κ1) is 15.3. The molecule has 0 N–H and O–H groups in total. The van der Waals surface area contributed by atoms with E-state index in [1.165, 1.54) is 38.0 Å². The third-order valence-corrected chi connectivity index (χ3v) is 6.20. The van der Waals surface area contributed by atoms with Crippen LogP contribution in [-0.4, -0.2) is 62.6 Å². The lowest BCUT2D eigenvalue weighted by Crippen LogP contribution is -2.31. The summed E-state index contributed by atoms with van der Waals surface area (Å²) < 4.78 is 1.92. The molecule has 4 heterocycles. The third-order valence-electron chi connectivity index (χ3n) is 6.20. The molecular formula is C18H25N7. The maximum absolute atomic E-state index is 4.56. The van der Waals surface area contributed by atoms with Crippen LogP contribution in [0.15, 0.2) is 24.8 Å². The van der Waals surface area contributed by atoms with Gasteiger partial charge in [0.2, 0.25) is 0 Å². The number of rotatable bonds is 5. The first-order valence-corrected chi connectivity index (χ1v) is 9.48. The topological polar surface area (TPSA) is 63.0 Å². The number of hydrogen-bond donors (Lipinski definition) is 0. The van der Waals surface area contributed by atoms with E-state index in [1.807, 2.05) is 10.9 Å². The Balaban J connectivity index is 1.18. The van der Waals surface area contributed by atoms with Crippen molar-refractivity contribution < 1.29 is 0 Å². The van der Waals surface area contributed by atoms with Crippen molar-refractivity contribution in [3.63, 3.8) is 0 Å². The van der Waals surface area contributed by atoms with Crippen molar-refractivity contribution in [3.05, 3.63) is 30.5 Å². The quantitative estimate of drug-likeness (QED) is 0.821. The summed E-state index contributed by atoms with van der Waals surface area (Å²) in [5.74, 6) is 3.34. The van der Waals surface area contributed by atoms with Crippen LogP contribution in [0.3, 0.4) is 0 Å². The first-order valence-electron chi connectivity index (χ1n) is 9.48. The van der Waals surface area contributed by atoms with E-state index in [9.17, 15) is 0 Å². The second-order valence-corrected chi connectivity index (χ2v) is 7.78. The molecule has 1 saturated carbocycles. The maximum Gasteiger partial charge on any atom is 0.132 e. The molecule has 5 rings (SSSR count). The van der Waals surface area contributed by atoms with Gasteiger partial charge >= 0.3 is 0 Å². The Morgan fingerprint density at radius 3 is 2.52 bits per heavy atom. The molecule has 2 aliphatic heterocycles. The van der Waals surface area contributed by atoms with Crippen molar-refractivity contribution in [2.45, 2.75) is 31.7 Å². The van der Waals surface area contributed by atoms with Gasteiger partial charge in [-0.25, -0.2) is 9.97 Å². The predicted octanol–water partition coefficient (Wildman–Crippen LogP) is 1.40. The van der Waals surface area contributed by atoms with Crippen molar-refractivity contribution in [1.82, 2.24) is 29.9 Å². The lowest BCUT2D eigenvalue weighted by Gasteiger charge is -2.26. The van der Waals surface area contributed by atoms with Crippen molar-refractivity contribution in [2.24, 2.45) is 11.8 Å². The van der Waals surface area contributed by atoms with Gasteiger partial charge in [-0.15, -0.1) is 5.10 Å². The fraction of sp³-hybridized carbons (Fsp3) is 0.667. The van der Waals surface area contributed by atoms with Gasteiger partial charge in [0.15, 0.2) is 0 Å². The van der Waals surface area contributed by atoms with Gasteiger partial charge in [0.1, 0.15) is 12.1 Å². The van der Waals surface area contributed by atoms with E-state index < -0.39 is 0 Å². The molecule has 2 unspecified atom stereocenters. The zero-order chi connectivity index (χ0) is 16.6. The zero-order valence-electron chi connectivity index (χ0n) is 14.5. The summed E-state index contributed by atoms with van der Waals surface area (Å²) in [4.78, 5) is 14.1. The molecule has 0 spiro atoms. The smallest absolute Gasteiger partial charge is 0.132 e. The van der Waals surface area contributed by atoms with Gasteiger partial charge < -0.3 is 9.80 Å². The van der Waals surface area contributed by atoms with E-state index in [1.54, 1.807) is 12.5 Å². The van der Waals surface area contributed by atoms with Crippen molar-refractivity contribution >= 4 is 5.82 Å². The van der Waals surface area contributed by atoms with Crippen LogP contribution in [0.2, 0.25) is 0 Å². The summed E-state index contributed by atoms with van der Waals surface area (Å²) >= 11 is 0. The number of likely N-dealkylation sites (tertiary alicyclic amines) is 1. The minimum absolute atomic E-state index is 0.677. The Hall–Kier alpha value is -2.02. The Morgan fingerprint density at radius 1 is 1.00 bits per heavy atom. The fourth-order valence-electron chi connectivity index (χ4n) is 4.52. The lowest BCUT2D eigenvalue weighted by atomic mass is 9.83. The van der Waals surface area contributed by atoms with Crippen LogP contribution in [0.5, 0.6) is 0 Å². The molecule has 2 atom stereocenters. The average molecular weight is 339 g/mol. The molecule has 2 saturated heterocycles. The monoisotopic (exact) mass is 339 g/mol. The number of anilines is 1. The molecule has 3 fully saturated rings. The number of aromatic nitrogens is 5. The molecule has 0 bridgehead atoms. The van der Waals surface area contributed by atoms with Crippen LogP contribution in [0.1, 0.15) is 30.9 Å². The Morgan fingerprint density at radius 2 is 1.84 bits per heavy atom. The van der Waals surface area contributed by atoms with E-state index in [4.69, 9.17) is 0 Å². The SMILES string of the molecule is c1cn(CCN2CC3CN(c4cc(C5CCC5)ncn4)CC3C2)nn1. The summed E-state index contributed by atoms with van der Waals surface area (Å²) in [7, 11) is 0. The maximum atomic E-state index is 4.56. The molecule has 0 amide bonds. The minimum Gasteiger partial charge on any atom is -0.356 e. The summed E-state index contributed by atoms with van der Waals surface area (Å²) in [6.45, 7) is 6.64. The molecule has 0 aromatic carbocycles. The Labute approximate surface area is 148 Å². The Kier molecular flexibility index (Phi) is 3.88. The second-order valence-electron chi connectivity index (χ2n) is 7.78. The fourth-order valence-corrected chi connectivity index (χ4v) is 4.52. The van der Waals surface area contributed by atoms with Crippen LogP contribution < -0.4 is 4.90 Å². The van der Waals surface area contributed by atoms with Gasteiger partial charge in [-0.1, -0.05) is 11.6 Å². The average Bonchev–Trinajstić information content (AvgIpc) is 3.27. The molecule has 2 aromatic heterocycles. The van der Waals surface area contributed by atoms with E-state index in [2.05, 4.69) is 36.1 Å². The van der Waals surface area contributed by atoms with Gasteiger partial charge in [-0.05, 0) is 24.7 Å². The number of hydrogen-bond acceptors (Lipinski definition) is 6. The zero-order valence-corrected chi connectivity index (χ0v) is 14.5. The lowest BCUT2D eigenvalue weighted by molar-refractivity contribution is 0.295. The van der Waals surface area contributed by atoms with Crippen molar-refractivity contribution in [1.29, 1.82) is 0 Å². The first-order chi connectivity index (χ1) is 12.3. The molecule has 3 aliphatic rings. The predicted molar refractivity (Wildman–Crippen MR) is 94.3 cm³/mol. The van der Waals surface area contributed by atoms with E-state index in [0.717, 1.165) is 43.8 Å². The normalized spacial score (nSPS) is 26.8. The molecule has 132 valence electrons. The summed E-state index contributed by atoms with van der Waals surface area (Å²) in [5.41, 5.74) is 1.25. The second kappa shape index (κ2) is 6.37. The van der Waals surface area contributed by atoms with Crippen molar-refractivity contribution in [2.75, 3.05) is 37.6 Å². The standard InChI is InChI=1S/C18H25N7/c1-2-14(3-1)17-8-18(20-13-19-17)24-11-15-9-23(10-16(15)12-24)6-7-25-5-4-21-22-25/h4-5,8,13-16H,1-3,6-7,9-12H2. The molecular weight excluding hydrogens is 314 g/mol. The van der Waals surface area contributed by atoms with Crippen LogP contribution >= 0.6 is 0 Å². The van der Waals surface area contributed by atoms with Crippen LogP contribution in [0.4, 0.5) is 5.82 Å². The van der Waals surface area contributed by atoms with Gasteiger partial charge in [-0.3, -0.25) is 4.68 Å². The van der Waals surface area contributed by atoms with Crippen LogP contribution in [-0.2, 0) is 6.54 Å². The summed E-state index contributed by atoms with van der Waals surface area (Å²) in [6, 6.07) is 2.24. The van der Waals surface area contributed by atoms with Crippen LogP contribution in [0, 0.1) is 11.8 Å². The highest BCUT2D eigenvalue weighted by molar-refractivity contribution is 5.42. The minimum atomic E-state index is 0.677. The van der Waals surface area contributed by atoms with Gasteiger partial charge in [-0.2, -0.15) is 0 Å². The summed E-state index contributed by atoms with van der Waals surface area (Å²) in [5, 5.41) is 7.93. The number of nitrogens with zero attached hydrogens (tertiary/aromatic N) is 7. The molecule has 1 aliphatic carbocycles.